The summed E-state index contributed by atoms with van der Waals surface area (Å²) in [6.45, 7) is 2.32. The number of nitrogens with zero attached hydrogens (tertiary/aromatic N) is 2. The van der Waals surface area contributed by atoms with Gasteiger partial charge in [0.15, 0.2) is 0 Å². The van der Waals surface area contributed by atoms with Gasteiger partial charge >= 0.3 is 5.97 Å². The summed E-state index contributed by atoms with van der Waals surface area (Å²) in [4.78, 5) is 39.6. The lowest BCUT2D eigenvalue weighted by Gasteiger charge is -2.40. The van der Waals surface area contributed by atoms with E-state index in [0.29, 0.717) is 54.7 Å². The van der Waals surface area contributed by atoms with Crippen LogP contribution < -0.4 is 10.6 Å². The van der Waals surface area contributed by atoms with Gasteiger partial charge in [-0.25, -0.2) is 9.18 Å². The molecule has 13 heteroatoms. The molecule has 3 aliphatic rings. The summed E-state index contributed by atoms with van der Waals surface area (Å²) in [5.74, 6) is -2.11. The third-order valence-corrected chi connectivity index (χ3v) is 9.59. The fraction of sp³-hybridized carbons (Fsp3) is 0.375. The van der Waals surface area contributed by atoms with Gasteiger partial charge in [0.1, 0.15) is 11.4 Å². The molecule has 10 nitrogen and oxygen atoms in total. The van der Waals surface area contributed by atoms with Gasteiger partial charge in [0.2, 0.25) is 5.91 Å². The highest BCUT2D eigenvalue weighted by molar-refractivity contribution is 6.31. The Bertz CT molecular complexity index is 1680. The van der Waals surface area contributed by atoms with Crippen molar-refractivity contribution in [2.75, 3.05) is 44.0 Å². The number of esters is 1. The van der Waals surface area contributed by atoms with E-state index in [1.54, 1.807) is 18.2 Å². The van der Waals surface area contributed by atoms with Crippen molar-refractivity contribution in [1.29, 1.82) is 0 Å². The van der Waals surface area contributed by atoms with Crippen LogP contribution in [0.25, 0.3) is 0 Å². The van der Waals surface area contributed by atoms with Crippen LogP contribution in [0.15, 0.2) is 48.5 Å². The molecule has 0 bridgehead atoms. The SMILES string of the molecule is COC(=O)c1ccc(CNc2ccc(Cl)c(F)c2[C@H]2CCN(CC3CCCOC3)[C@@]23C(=O)Nc2cc(Cl)ccc23)c([N+](=O)[O-])c1. The molecule has 0 saturated carbocycles. The number of likely N-dealkylation sites (tertiary alicyclic amines) is 1. The third-order valence-electron chi connectivity index (χ3n) is 9.06. The summed E-state index contributed by atoms with van der Waals surface area (Å²) >= 11 is 12.7. The Kier molecular flexibility index (Phi) is 8.71. The van der Waals surface area contributed by atoms with Crippen LogP contribution in [0.1, 0.15) is 52.2 Å². The molecular formula is C32H31Cl2FN4O6. The lowest BCUT2D eigenvalue weighted by molar-refractivity contribution is -0.385. The Morgan fingerprint density at radius 1 is 1.22 bits per heavy atom. The lowest BCUT2D eigenvalue weighted by Crippen LogP contribution is -2.52. The minimum Gasteiger partial charge on any atom is -0.465 e. The zero-order valence-corrected chi connectivity index (χ0v) is 25.9. The number of anilines is 2. The van der Waals surface area contributed by atoms with Crippen LogP contribution in [0.4, 0.5) is 21.5 Å². The topological polar surface area (TPSA) is 123 Å². The molecule has 1 unspecified atom stereocenters. The van der Waals surface area contributed by atoms with Gasteiger partial charge in [0, 0.05) is 71.3 Å². The van der Waals surface area contributed by atoms with Gasteiger partial charge in [-0.2, -0.15) is 0 Å². The maximum Gasteiger partial charge on any atom is 0.338 e. The van der Waals surface area contributed by atoms with Crippen LogP contribution in [-0.2, 0) is 26.4 Å². The van der Waals surface area contributed by atoms with Crippen molar-refractivity contribution < 1.29 is 28.4 Å². The van der Waals surface area contributed by atoms with Crippen molar-refractivity contribution in [3.05, 3.63) is 96.8 Å². The van der Waals surface area contributed by atoms with Gasteiger partial charge in [-0.3, -0.25) is 19.8 Å². The Balaban J connectivity index is 1.42. The van der Waals surface area contributed by atoms with Gasteiger partial charge in [0.05, 0.1) is 29.2 Å². The van der Waals surface area contributed by atoms with Crippen molar-refractivity contribution in [2.24, 2.45) is 5.92 Å². The van der Waals surface area contributed by atoms with E-state index in [9.17, 15) is 19.7 Å². The molecule has 6 rings (SSSR count). The quantitative estimate of drug-likeness (QED) is 0.160. The molecule has 0 aliphatic carbocycles. The second-order valence-corrected chi connectivity index (χ2v) is 12.4. The number of nitro groups is 1. The maximum atomic E-state index is 16.3. The fourth-order valence-corrected chi connectivity index (χ4v) is 7.41. The molecule has 45 heavy (non-hydrogen) atoms. The first-order chi connectivity index (χ1) is 21.6. The first kappa shape index (κ1) is 31.2. The van der Waals surface area contributed by atoms with Crippen LogP contribution in [0, 0.1) is 21.8 Å². The van der Waals surface area contributed by atoms with Gasteiger partial charge in [-0.15, -0.1) is 0 Å². The molecule has 2 N–H and O–H groups in total. The van der Waals surface area contributed by atoms with E-state index in [1.165, 1.54) is 25.3 Å². The van der Waals surface area contributed by atoms with E-state index in [0.717, 1.165) is 18.9 Å². The van der Waals surface area contributed by atoms with Crippen LogP contribution in [-0.4, -0.2) is 55.1 Å². The van der Waals surface area contributed by atoms with E-state index < -0.39 is 28.2 Å². The van der Waals surface area contributed by atoms with Crippen LogP contribution in [0.3, 0.4) is 0 Å². The zero-order chi connectivity index (χ0) is 31.9. The number of fused-ring (bicyclic) bond motifs is 2. The van der Waals surface area contributed by atoms with E-state index in [4.69, 9.17) is 32.7 Å². The average molecular weight is 658 g/mol. The molecule has 0 radical (unpaired) electrons. The number of nitrogens with one attached hydrogen (secondary N) is 2. The van der Waals surface area contributed by atoms with Crippen molar-refractivity contribution in [3.8, 4) is 0 Å². The molecular weight excluding hydrogens is 626 g/mol. The minimum atomic E-state index is -1.26. The van der Waals surface area contributed by atoms with E-state index in [2.05, 4.69) is 15.5 Å². The Morgan fingerprint density at radius 3 is 2.78 bits per heavy atom. The standard InChI is InChI=1S/C32H31Cl2FN4O6/c1-44-30(40)19-4-5-20(27(13-19)39(42)43)15-36-25-9-8-24(34)29(35)28(25)23-10-11-38(16-18-3-2-12-45-17-18)32(23)22-7-6-21(33)14-26(22)37-31(32)41/h4-9,13-14,18,23,36H,2-3,10-12,15-17H2,1H3,(H,37,41)/t18?,23-,32-/m1/s1. The second kappa shape index (κ2) is 12.6. The van der Waals surface area contributed by atoms with Crippen molar-refractivity contribution in [3.63, 3.8) is 0 Å². The molecule has 236 valence electrons. The van der Waals surface area contributed by atoms with Gasteiger partial charge in [-0.1, -0.05) is 29.3 Å². The lowest BCUT2D eigenvalue weighted by atomic mass is 9.74. The second-order valence-electron chi connectivity index (χ2n) is 11.5. The van der Waals surface area contributed by atoms with E-state index >= 15 is 4.39 Å². The Labute approximate surface area is 268 Å². The molecule has 3 aliphatic heterocycles. The molecule has 2 saturated heterocycles. The molecule has 1 amide bonds. The van der Waals surface area contributed by atoms with Crippen LogP contribution >= 0.6 is 23.2 Å². The molecule has 2 fully saturated rings. The number of halogens is 3. The van der Waals surface area contributed by atoms with Gasteiger partial charge in [0.25, 0.3) is 5.69 Å². The van der Waals surface area contributed by atoms with Crippen LogP contribution in [0.5, 0.6) is 0 Å². The number of amides is 1. The zero-order valence-electron chi connectivity index (χ0n) is 24.4. The number of nitro benzene ring substituents is 1. The first-order valence-corrected chi connectivity index (χ1v) is 15.4. The number of rotatable bonds is 8. The summed E-state index contributed by atoms with van der Waals surface area (Å²) in [6, 6.07) is 12.3. The number of methoxy groups -OCH3 is 1. The number of hydrogen-bond acceptors (Lipinski definition) is 8. The molecule has 3 heterocycles. The van der Waals surface area contributed by atoms with Crippen molar-refractivity contribution >= 4 is 52.1 Å². The number of benzene rings is 3. The highest BCUT2D eigenvalue weighted by Crippen LogP contribution is 2.57. The smallest absolute Gasteiger partial charge is 0.338 e. The number of carbonyl (C=O) groups excluding carboxylic acids is 2. The Hall–Kier alpha value is -3.77. The van der Waals surface area contributed by atoms with E-state index in [-0.39, 0.29) is 45.8 Å². The summed E-state index contributed by atoms with van der Waals surface area (Å²) in [6.07, 6.45) is 2.33. The average Bonchev–Trinajstić information content (AvgIpc) is 3.54. The molecule has 3 aromatic carbocycles. The monoisotopic (exact) mass is 656 g/mol. The number of ether oxygens (including phenoxy) is 2. The summed E-state index contributed by atoms with van der Waals surface area (Å²) < 4.78 is 26.7. The molecule has 3 atom stereocenters. The Morgan fingerprint density at radius 2 is 2.04 bits per heavy atom. The van der Waals surface area contributed by atoms with E-state index in [1.807, 2.05) is 6.07 Å². The number of carbonyl (C=O) groups is 2. The van der Waals surface area contributed by atoms with Crippen molar-refractivity contribution in [2.45, 2.75) is 37.3 Å². The summed E-state index contributed by atoms with van der Waals surface area (Å²) in [5.41, 5.74) is 0.607. The highest BCUT2D eigenvalue weighted by atomic mass is 35.5. The van der Waals surface area contributed by atoms with Gasteiger partial charge < -0.3 is 20.1 Å². The molecule has 0 aromatic heterocycles. The molecule has 1 spiro atoms. The molecule has 3 aromatic rings. The number of hydrogen-bond donors (Lipinski definition) is 2. The van der Waals surface area contributed by atoms with Crippen LogP contribution in [0.2, 0.25) is 10.0 Å². The normalized spacial score (nSPS) is 22.7. The predicted octanol–water partition coefficient (Wildman–Crippen LogP) is 6.50. The first-order valence-electron chi connectivity index (χ1n) is 14.7. The maximum absolute atomic E-state index is 16.3. The largest absolute Gasteiger partial charge is 0.465 e. The summed E-state index contributed by atoms with van der Waals surface area (Å²) in [5, 5.41) is 18.4. The highest BCUT2D eigenvalue weighted by Gasteiger charge is 2.61. The van der Waals surface area contributed by atoms with Gasteiger partial charge in [-0.05, 0) is 61.6 Å². The fourth-order valence-electron chi connectivity index (χ4n) is 7.07. The third kappa shape index (κ3) is 5.52. The minimum absolute atomic E-state index is 0.0357. The predicted molar refractivity (Wildman–Crippen MR) is 167 cm³/mol. The summed E-state index contributed by atoms with van der Waals surface area (Å²) in [7, 11) is 1.19. The van der Waals surface area contributed by atoms with Crippen molar-refractivity contribution in [1.82, 2.24) is 4.90 Å².